The molecule has 8 nitrogen and oxygen atoms in total. The number of nitrogens with one attached hydrogen (secondary N) is 1. The lowest BCUT2D eigenvalue weighted by atomic mass is 9.99. The third-order valence-electron chi connectivity index (χ3n) is 6.09. The molecular weight excluding hydrogens is 454 g/mol. The fourth-order valence-corrected chi connectivity index (χ4v) is 4.47. The number of benzene rings is 2. The smallest absolute Gasteiger partial charge is 0.251 e. The molecule has 2 bridgehead atoms. The number of nitrogens with zero attached hydrogens (tertiary/aromatic N) is 4. The number of fused-ring (bicyclic) bond motifs is 3. The lowest BCUT2D eigenvalue weighted by Gasteiger charge is -2.25. The van der Waals surface area contributed by atoms with Gasteiger partial charge in [-0.15, -0.1) is 0 Å². The van der Waals surface area contributed by atoms with Gasteiger partial charge in [-0.1, -0.05) is 38.1 Å². The zero-order valence-corrected chi connectivity index (χ0v) is 21.4. The molecule has 1 amide bonds. The number of hydrogen-bond donors (Lipinski definition) is 1. The second-order valence-electron chi connectivity index (χ2n) is 9.68. The number of aryl methyl sites for hydroxylation is 1. The lowest BCUT2D eigenvalue weighted by Crippen LogP contribution is -2.31. The molecule has 1 aliphatic heterocycles. The summed E-state index contributed by atoms with van der Waals surface area (Å²) in [5, 5.41) is 7.10. The summed E-state index contributed by atoms with van der Waals surface area (Å²) in [6.45, 7) is 10.3. The second-order valence-corrected chi connectivity index (χ2v) is 9.68. The molecule has 1 aliphatic rings. The molecular formula is C28H37N5O3. The van der Waals surface area contributed by atoms with Crippen LogP contribution in [-0.4, -0.2) is 65.0 Å². The first-order chi connectivity index (χ1) is 17.6. The number of hydrogen-bond acceptors (Lipinski definition) is 6. The first-order valence-corrected chi connectivity index (χ1v) is 12.8. The van der Waals surface area contributed by atoms with Crippen molar-refractivity contribution in [3.63, 3.8) is 0 Å². The van der Waals surface area contributed by atoms with Crippen molar-refractivity contribution in [2.24, 2.45) is 5.92 Å². The molecule has 0 fully saturated rings. The molecule has 3 aromatic rings. The fraction of sp³-hybridized carbons (Fsp3) is 0.464. The molecule has 0 saturated carbocycles. The number of amides is 1. The van der Waals surface area contributed by atoms with E-state index in [4.69, 9.17) is 9.47 Å². The van der Waals surface area contributed by atoms with Crippen LogP contribution < -0.4 is 10.1 Å². The van der Waals surface area contributed by atoms with Crippen LogP contribution in [0.25, 0.3) is 0 Å². The Balaban J connectivity index is 1.47. The summed E-state index contributed by atoms with van der Waals surface area (Å²) >= 11 is 0. The quantitative estimate of drug-likeness (QED) is 0.509. The van der Waals surface area contributed by atoms with Crippen LogP contribution in [0, 0.1) is 5.92 Å². The number of aromatic nitrogens is 3. The summed E-state index contributed by atoms with van der Waals surface area (Å²) in [4.78, 5) is 19.2. The molecule has 36 heavy (non-hydrogen) atoms. The summed E-state index contributed by atoms with van der Waals surface area (Å²) in [5.74, 6) is 1.30. The van der Waals surface area contributed by atoms with E-state index < -0.39 is 0 Å². The minimum absolute atomic E-state index is 0.0859. The molecule has 0 atom stereocenters. The van der Waals surface area contributed by atoms with E-state index in [1.807, 2.05) is 18.2 Å². The maximum absolute atomic E-state index is 12.8. The van der Waals surface area contributed by atoms with Crippen molar-refractivity contribution in [2.75, 3.05) is 39.5 Å². The Bertz CT molecular complexity index is 1100. The van der Waals surface area contributed by atoms with E-state index in [0.717, 1.165) is 37.4 Å². The highest BCUT2D eigenvalue weighted by Crippen LogP contribution is 2.24. The lowest BCUT2D eigenvalue weighted by molar-refractivity contribution is 0.0746. The summed E-state index contributed by atoms with van der Waals surface area (Å²) in [6.07, 6.45) is 4.67. The van der Waals surface area contributed by atoms with Gasteiger partial charge >= 0.3 is 0 Å². The standard InChI is InChI=1S/C28H37N5O3/c1-22(2)18-32-11-12-35-13-14-36-27-8-7-25(28(34)30-9-4-10-33-21-29-20-31-33)17-26(27)16-23-5-3-6-24(15-23)19-32/h3,5-8,15,17,20-22H,4,9-14,16,18-19H2,1-2H3,(H,30,34). The van der Waals surface area contributed by atoms with Crippen LogP contribution in [0.4, 0.5) is 0 Å². The van der Waals surface area contributed by atoms with Gasteiger partial charge in [-0.2, -0.15) is 5.10 Å². The summed E-state index contributed by atoms with van der Waals surface area (Å²) in [7, 11) is 0. The van der Waals surface area contributed by atoms with E-state index >= 15 is 0 Å². The highest BCUT2D eigenvalue weighted by atomic mass is 16.5. The molecule has 192 valence electrons. The summed E-state index contributed by atoms with van der Waals surface area (Å²) in [5.41, 5.74) is 4.13. The van der Waals surface area contributed by atoms with Gasteiger partial charge in [0.1, 0.15) is 25.0 Å². The number of carbonyl (C=O) groups is 1. The molecule has 0 radical (unpaired) electrons. The molecule has 1 N–H and O–H groups in total. The van der Waals surface area contributed by atoms with Gasteiger partial charge in [0.15, 0.2) is 0 Å². The normalized spacial score (nSPS) is 15.1. The SMILES string of the molecule is CC(C)CN1CCOCCOc2ccc(C(=O)NCCCn3cncn3)cc2Cc2cccc(c2)C1. The van der Waals surface area contributed by atoms with Crippen molar-refractivity contribution in [3.8, 4) is 5.75 Å². The molecule has 2 aromatic carbocycles. The average molecular weight is 492 g/mol. The zero-order valence-electron chi connectivity index (χ0n) is 21.4. The van der Waals surface area contributed by atoms with Crippen molar-refractivity contribution in [2.45, 2.75) is 39.8 Å². The van der Waals surface area contributed by atoms with Crippen LogP contribution in [0.5, 0.6) is 5.75 Å². The Hall–Kier alpha value is -3.23. The number of carbonyl (C=O) groups excluding carboxylic acids is 1. The van der Waals surface area contributed by atoms with Crippen molar-refractivity contribution in [1.29, 1.82) is 0 Å². The Morgan fingerprint density at radius 3 is 2.83 bits per heavy atom. The average Bonchev–Trinajstić information content (AvgIpc) is 3.37. The van der Waals surface area contributed by atoms with Gasteiger partial charge in [0.2, 0.25) is 0 Å². The minimum Gasteiger partial charge on any atom is -0.491 e. The molecule has 2 heterocycles. The van der Waals surface area contributed by atoms with E-state index in [2.05, 4.69) is 58.4 Å². The number of rotatable bonds is 7. The van der Waals surface area contributed by atoms with Crippen LogP contribution in [0.15, 0.2) is 55.1 Å². The minimum atomic E-state index is -0.0859. The molecule has 0 unspecified atom stereocenters. The maximum Gasteiger partial charge on any atom is 0.251 e. The van der Waals surface area contributed by atoms with E-state index in [-0.39, 0.29) is 5.91 Å². The molecule has 1 aromatic heterocycles. The predicted molar refractivity (Wildman–Crippen MR) is 139 cm³/mol. The van der Waals surface area contributed by atoms with Crippen molar-refractivity contribution in [3.05, 3.63) is 77.4 Å². The van der Waals surface area contributed by atoms with Crippen LogP contribution in [0.3, 0.4) is 0 Å². The zero-order chi connectivity index (χ0) is 25.2. The van der Waals surface area contributed by atoms with Crippen LogP contribution >= 0.6 is 0 Å². The van der Waals surface area contributed by atoms with Gasteiger partial charge in [0.25, 0.3) is 5.91 Å². The first kappa shape index (κ1) is 25.9. The van der Waals surface area contributed by atoms with Gasteiger partial charge in [-0.3, -0.25) is 14.4 Å². The Morgan fingerprint density at radius 2 is 2.00 bits per heavy atom. The molecule has 4 rings (SSSR count). The van der Waals surface area contributed by atoms with Gasteiger partial charge in [0, 0.05) is 44.7 Å². The van der Waals surface area contributed by atoms with Gasteiger partial charge in [0.05, 0.1) is 13.2 Å². The monoisotopic (exact) mass is 491 g/mol. The Morgan fingerprint density at radius 1 is 1.11 bits per heavy atom. The molecule has 0 spiro atoms. The summed E-state index contributed by atoms with van der Waals surface area (Å²) < 4.78 is 13.7. The Kier molecular flexibility index (Phi) is 9.47. The third kappa shape index (κ3) is 7.90. The molecule has 0 aliphatic carbocycles. The van der Waals surface area contributed by atoms with Crippen LogP contribution in [-0.2, 0) is 24.2 Å². The maximum atomic E-state index is 12.8. The van der Waals surface area contributed by atoms with E-state index in [0.29, 0.717) is 50.8 Å². The van der Waals surface area contributed by atoms with Crippen LogP contribution in [0.2, 0.25) is 0 Å². The van der Waals surface area contributed by atoms with E-state index in [1.54, 1.807) is 11.0 Å². The topological polar surface area (TPSA) is 81.5 Å². The first-order valence-electron chi connectivity index (χ1n) is 12.8. The highest BCUT2D eigenvalue weighted by Gasteiger charge is 2.14. The van der Waals surface area contributed by atoms with Crippen molar-refractivity contribution in [1.82, 2.24) is 25.0 Å². The predicted octanol–water partition coefficient (Wildman–Crippen LogP) is 3.56. The van der Waals surface area contributed by atoms with Gasteiger partial charge in [-0.25, -0.2) is 4.98 Å². The van der Waals surface area contributed by atoms with E-state index in [9.17, 15) is 4.79 Å². The fourth-order valence-electron chi connectivity index (χ4n) is 4.47. The summed E-state index contributed by atoms with van der Waals surface area (Å²) in [6, 6.07) is 14.4. The Labute approximate surface area is 213 Å². The van der Waals surface area contributed by atoms with Crippen molar-refractivity contribution >= 4 is 5.91 Å². The van der Waals surface area contributed by atoms with Gasteiger partial charge < -0.3 is 14.8 Å². The van der Waals surface area contributed by atoms with Crippen LogP contribution in [0.1, 0.15) is 47.3 Å². The molecule has 0 saturated heterocycles. The van der Waals surface area contributed by atoms with Gasteiger partial charge in [-0.05, 0) is 47.2 Å². The second kappa shape index (κ2) is 13.2. The molecule has 8 heteroatoms. The number of ether oxygens (including phenoxy) is 2. The largest absolute Gasteiger partial charge is 0.491 e. The third-order valence-corrected chi connectivity index (χ3v) is 6.09. The van der Waals surface area contributed by atoms with Crippen molar-refractivity contribution < 1.29 is 14.3 Å². The van der Waals surface area contributed by atoms with E-state index in [1.165, 1.54) is 17.5 Å². The highest BCUT2D eigenvalue weighted by molar-refractivity contribution is 5.94.